The van der Waals surface area contributed by atoms with Gasteiger partial charge in [0.25, 0.3) is 0 Å². The Kier molecular flexibility index (Phi) is 4.88. The standard InChI is InChI=1S/C20H18N2O3S2/c1-11-10-26-19(22-11)17-12-5-2-3-7-15(12)27-16(17)9-14(23)18-13(20(24)25)6-4-8-21-18/h4,6,8,10H,2-3,5,7,9H2,1H3,(H,24,25). The van der Waals surface area contributed by atoms with Crippen molar-refractivity contribution in [2.75, 3.05) is 0 Å². The van der Waals surface area contributed by atoms with Crippen molar-refractivity contribution in [2.24, 2.45) is 0 Å². The van der Waals surface area contributed by atoms with Crippen molar-refractivity contribution < 1.29 is 14.7 Å². The lowest BCUT2D eigenvalue weighted by atomic mass is 9.94. The fourth-order valence-corrected chi connectivity index (χ4v) is 5.85. The first-order valence-corrected chi connectivity index (χ1v) is 10.5. The topological polar surface area (TPSA) is 80.2 Å². The molecular weight excluding hydrogens is 380 g/mol. The Labute approximate surface area is 164 Å². The number of thiophene rings is 1. The van der Waals surface area contributed by atoms with Crippen molar-refractivity contribution in [3.05, 3.63) is 56.0 Å². The average Bonchev–Trinajstić information content (AvgIpc) is 3.24. The van der Waals surface area contributed by atoms with E-state index in [1.165, 1.54) is 35.2 Å². The van der Waals surface area contributed by atoms with E-state index < -0.39 is 5.97 Å². The highest BCUT2D eigenvalue weighted by Crippen LogP contribution is 2.42. The number of thiazole rings is 1. The van der Waals surface area contributed by atoms with E-state index in [2.05, 4.69) is 9.97 Å². The normalized spacial score (nSPS) is 13.4. The highest BCUT2D eigenvalue weighted by molar-refractivity contribution is 7.15. The van der Waals surface area contributed by atoms with E-state index in [0.717, 1.165) is 40.4 Å². The molecule has 1 N–H and O–H groups in total. The maximum Gasteiger partial charge on any atom is 0.338 e. The molecule has 3 aromatic rings. The number of aryl methyl sites for hydroxylation is 2. The molecule has 0 spiro atoms. The number of carboxylic acid groups (broad SMARTS) is 1. The van der Waals surface area contributed by atoms with Crippen LogP contribution in [-0.4, -0.2) is 26.8 Å². The highest BCUT2D eigenvalue weighted by atomic mass is 32.1. The molecule has 0 radical (unpaired) electrons. The Morgan fingerprint density at radius 3 is 2.81 bits per heavy atom. The maximum absolute atomic E-state index is 12.9. The van der Waals surface area contributed by atoms with E-state index >= 15 is 0 Å². The number of hydrogen-bond acceptors (Lipinski definition) is 6. The Bertz CT molecular complexity index is 1040. The number of fused-ring (bicyclic) bond motifs is 1. The van der Waals surface area contributed by atoms with Gasteiger partial charge in [-0.1, -0.05) is 0 Å². The van der Waals surface area contributed by atoms with Gasteiger partial charge in [0.15, 0.2) is 5.78 Å². The number of aromatic carboxylic acids is 1. The lowest BCUT2D eigenvalue weighted by molar-refractivity contribution is 0.0691. The Balaban J connectivity index is 1.75. The van der Waals surface area contributed by atoms with E-state index in [0.29, 0.717) is 0 Å². The van der Waals surface area contributed by atoms with E-state index in [1.807, 2.05) is 12.3 Å². The molecule has 3 heterocycles. The van der Waals surface area contributed by atoms with Crippen LogP contribution < -0.4 is 0 Å². The third-order valence-corrected chi connectivity index (χ3v) is 6.97. The second kappa shape index (κ2) is 7.32. The summed E-state index contributed by atoms with van der Waals surface area (Å²) < 4.78 is 0. The third kappa shape index (κ3) is 3.44. The van der Waals surface area contributed by atoms with Crippen molar-refractivity contribution in [2.45, 2.75) is 39.0 Å². The van der Waals surface area contributed by atoms with Crippen LogP contribution in [-0.2, 0) is 19.3 Å². The molecule has 1 aliphatic carbocycles. The van der Waals surface area contributed by atoms with Crippen LogP contribution >= 0.6 is 22.7 Å². The average molecular weight is 399 g/mol. The molecule has 27 heavy (non-hydrogen) atoms. The molecule has 1 aliphatic rings. The summed E-state index contributed by atoms with van der Waals surface area (Å²) in [5, 5.41) is 12.3. The summed E-state index contributed by atoms with van der Waals surface area (Å²) in [6, 6.07) is 2.96. The number of nitrogens with zero attached hydrogens (tertiary/aromatic N) is 2. The number of Topliss-reactive ketones (excluding diaryl/α,β-unsaturated/α-hetero) is 1. The first-order valence-electron chi connectivity index (χ1n) is 8.82. The van der Waals surface area contributed by atoms with Gasteiger partial charge in [-0.25, -0.2) is 9.78 Å². The quantitative estimate of drug-likeness (QED) is 0.637. The van der Waals surface area contributed by atoms with Crippen LogP contribution in [0.1, 0.15) is 54.7 Å². The minimum atomic E-state index is -1.13. The van der Waals surface area contributed by atoms with Crippen LogP contribution in [0.15, 0.2) is 23.7 Å². The van der Waals surface area contributed by atoms with Gasteiger partial charge in [-0.15, -0.1) is 22.7 Å². The highest BCUT2D eigenvalue weighted by Gasteiger charge is 2.26. The van der Waals surface area contributed by atoms with Crippen LogP contribution in [0.4, 0.5) is 0 Å². The minimum absolute atomic E-state index is 0.0256. The molecule has 0 amide bonds. The summed E-state index contributed by atoms with van der Waals surface area (Å²) in [5.41, 5.74) is 3.37. The molecule has 3 aromatic heterocycles. The Morgan fingerprint density at radius 2 is 2.07 bits per heavy atom. The second-order valence-electron chi connectivity index (χ2n) is 6.61. The third-order valence-electron chi connectivity index (χ3n) is 4.70. The summed E-state index contributed by atoms with van der Waals surface area (Å²) in [7, 11) is 0. The fraction of sp³-hybridized carbons (Fsp3) is 0.300. The number of hydrogen-bond donors (Lipinski definition) is 1. The molecule has 0 aliphatic heterocycles. The Hall–Kier alpha value is -2.38. The number of carbonyl (C=O) groups excluding carboxylic acids is 1. The van der Waals surface area contributed by atoms with Crippen LogP contribution in [0.2, 0.25) is 0 Å². The van der Waals surface area contributed by atoms with E-state index in [-0.39, 0.29) is 23.5 Å². The van der Waals surface area contributed by atoms with E-state index in [9.17, 15) is 14.7 Å². The van der Waals surface area contributed by atoms with Gasteiger partial charge in [-0.3, -0.25) is 9.78 Å². The molecule has 138 valence electrons. The number of pyridine rings is 1. The predicted molar refractivity (Wildman–Crippen MR) is 106 cm³/mol. The fourth-order valence-electron chi connectivity index (χ4n) is 3.49. The molecule has 7 heteroatoms. The molecule has 0 unspecified atom stereocenters. The lowest BCUT2D eigenvalue weighted by Gasteiger charge is -2.12. The largest absolute Gasteiger partial charge is 0.478 e. The minimum Gasteiger partial charge on any atom is -0.478 e. The number of ketones is 1. The van der Waals surface area contributed by atoms with Gasteiger partial charge in [0.2, 0.25) is 0 Å². The summed E-state index contributed by atoms with van der Waals surface area (Å²) in [6.45, 7) is 1.97. The summed E-state index contributed by atoms with van der Waals surface area (Å²) in [4.78, 5) is 35.3. The molecule has 4 rings (SSSR count). The molecule has 0 saturated heterocycles. The van der Waals surface area contributed by atoms with Gasteiger partial charge >= 0.3 is 5.97 Å². The smallest absolute Gasteiger partial charge is 0.338 e. The van der Waals surface area contributed by atoms with Crippen molar-refractivity contribution in [1.29, 1.82) is 0 Å². The zero-order valence-corrected chi connectivity index (χ0v) is 16.5. The molecule has 0 saturated carbocycles. The summed E-state index contributed by atoms with van der Waals surface area (Å²) in [6.07, 6.45) is 5.99. The van der Waals surface area contributed by atoms with Gasteiger partial charge in [-0.2, -0.15) is 0 Å². The van der Waals surface area contributed by atoms with Crippen molar-refractivity contribution >= 4 is 34.4 Å². The summed E-state index contributed by atoms with van der Waals surface area (Å²) in [5.74, 6) is -1.39. The second-order valence-corrected chi connectivity index (χ2v) is 8.66. The van der Waals surface area contributed by atoms with Crippen molar-refractivity contribution in [1.82, 2.24) is 9.97 Å². The van der Waals surface area contributed by atoms with Gasteiger partial charge in [0, 0.05) is 39.0 Å². The molecule has 0 aromatic carbocycles. The maximum atomic E-state index is 12.9. The van der Waals surface area contributed by atoms with Gasteiger partial charge < -0.3 is 5.11 Å². The first kappa shape index (κ1) is 18.0. The summed E-state index contributed by atoms with van der Waals surface area (Å²) >= 11 is 3.27. The SMILES string of the molecule is Cc1csc(-c2c(CC(=O)c3ncccc3C(=O)O)sc3c2CCCC3)n1. The number of carbonyl (C=O) groups is 2. The van der Waals surface area contributed by atoms with Gasteiger partial charge in [-0.05, 0) is 50.3 Å². The molecule has 5 nitrogen and oxygen atoms in total. The van der Waals surface area contributed by atoms with Crippen molar-refractivity contribution in [3.8, 4) is 10.6 Å². The molecule has 0 bridgehead atoms. The van der Waals surface area contributed by atoms with E-state index in [4.69, 9.17) is 0 Å². The van der Waals surface area contributed by atoms with Crippen LogP contribution in [0.5, 0.6) is 0 Å². The number of carboxylic acids is 1. The van der Waals surface area contributed by atoms with Crippen molar-refractivity contribution in [3.63, 3.8) is 0 Å². The number of aromatic nitrogens is 2. The predicted octanol–water partition coefficient (Wildman–Crippen LogP) is 4.58. The lowest BCUT2D eigenvalue weighted by Crippen LogP contribution is -2.12. The zero-order chi connectivity index (χ0) is 19.0. The van der Waals surface area contributed by atoms with Crippen LogP contribution in [0, 0.1) is 6.92 Å². The Morgan fingerprint density at radius 1 is 1.26 bits per heavy atom. The molecule has 0 fully saturated rings. The zero-order valence-electron chi connectivity index (χ0n) is 14.8. The van der Waals surface area contributed by atoms with Gasteiger partial charge in [0.1, 0.15) is 10.7 Å². The first-order chi connectivity index (χ1) is 13.0. The molecular formula is C20H18N2O3S2. The van der Waals surface area contributed by atoms with Crippen LogP contribution in [0.25, 0.3) is 10.6 Å². The molecule has 0 atom stereocenters. The van der Waals surface area contributed by atoms with E-state index in [1.54, 1.807) is 22.7 Å². The van der Waals surface area contributed by atoms with Crippen LogP contribution in [0.3, 0.4) is 0 Å². The number of rotatable bonds is 5. The van der Waals surface area contributed by atoms with Gasteiger partial charge in [0.05, 0.1) is 5.56 Å². The monoisotopic (exact) mass is 398 g/mol.